The Balaban J connectivity index is 2.21. The van der Waals surface area contributed by atoms with Gasteiger partial charge in [0.15, 0.2) is 5.16 Å². The summed E-state index contributed by atoms with van der Waals surface area (Å²) in [6, 6.07) is 1.81. The zero-order valence-electron chi connectivity index (χ0n) is 8.08. The van der Waals surface area contributed by atoms with Crippen LogP contribution >= 0.6 is 11.8 Å². The van der Waals surface area contributed by atoms with Crippen molar-refractivity contribution >= 4 is 17.7 Å². The molecule has 15 heavy (non-hydrogen) atoms. The molecule has 0 aliphatic heterocycles. The van der Waals surface area contributed by atoms with Crippen LogP contribution in [0, 0.1) is 0 Å². The third-order valence-electron chi connectivity index (χ3n) is 1.73. The van der Waals surface area contributed by atoms with Gasteiger partial charge in [-0.2, -0.15) is 0 Å². The first-order chi connectivity index (χ1) is 7.29. The van der Waals surface area contributed by atoms with E-state index in [-0.39, 0.29) is 0 Å². The molecule has 0 saturated carbocycles. The summed E-state index contributed by atoms with van der Waals surface area (Å²) < 4.78 is 1.92. The van der Waals surface area contributed by atoms with Crippen molar-refractivity contribution in [1.82, 2.24) is 19.5 Å². The van der Waals surface area contributed by atoms with Crippen molar-refractivity contribution in [2.24, 2.45) is 12.9 Å². The minimum atomic E-state index is 0.397. The lowest BCUT2D eigenvalue weighted by atomic mass is 10.7. The number of anilines is 1. The molecule has 0 bridgehead atoms. The van der Waals surface area contributed by atoms with Crippen LogP contribution in [-0.4, -0.2) is 19.5 Å². The molecule has 0 aromatic carbocycles. The van der Waals surface area contributed by atoms with E-state index in [0.29, 0.717) is 5.95 Å². The molecule has 0 radical (unpaired) electrons. The van der Waals surface area contributed by atoms with Crippen molar-refractivity contribution in [3.63, 3.8) is 0 Å². The summed E-state index contributed by atoms with van der Waals surface area (Å²) in [5.41, 5.74) is 2.40. The third kappa shape index (κ3) is 2.25. The number of aryl methyl sites for hydroxylation is 1. The molecule has 0 unspecified atom stereocenters. The number of aromatic nitrogens is 4. The maximum Gasteiger partial charge on any atom is 0.238 e. The van der Waals surface area contributed by atoms with Crippen LogP contribution in [0.1, 0.15) is 0 Å². The van der Waals surface area contributed by atoms with E-state index in [9.17, 15) is 0 Å². The molecular formula is C8H10N6S. The van der Waals surface area contributed by atoms with Gasteiger partial charge in [-0.25, -0.2) is 20.8 Å². The van der Waals surface area contributed by atoms with Gasteiger partial charge in [0.05, 0.1) is 0 Å². The van der Waals surface area contributed by atoms with Crippen LogP contribution in [0.3, 0.4) is 0 Å². The topological polar surface area (TPSA) is 81.7 Å². The minimum absolute atomic E-state index is 0.397. The van der Waals surface area contributed by atoms with E-state index in [1.54, 1.807) is 18.5 Å². The van der Waals surface area contributed by atoms with Gasteiger partial charge < -0.3 is 4.57 Å². The fourth-order valence-electron chi connectivity index (χ4n) is 1.01. The minimum Gasteiger partial charge on any atom is -0.329 e. The van der Waals surface area contributed by atoms with Gasteiger partial charge in [-0.05, 0) is 17.8 Å². The average Bonchev–Trinajstić information content (AvgIpc) is 2.65. The van der Waals surface area contributed by atoms with Gasteiger partial charge in [-0.3, -0.25) is 5.43 Å². The largest absolute Gasteiger partial charge is 0.329 e. The quantitative estimate of drug-likeness (QED) is 0.451. The summed E-state index contributed by atoms with van der Waals surface area (Å²) in [5.74, 6) is 5.61. The highest BCUT2D eigenvalue weighted by molar-refractivity contribution is 7.99. The number of rotatable bonds is 3. The molecule has 7 heteroatoms. The predicted octanol–water partition coefficient (Wildman–Crippen LogP) is 0.647. The Kier molecular flexibility index (Phi) is 2.84. The van der Waals surface area contributed by atoms with Crippen LogP contribution in [0.4, 0.5) is 5.95 Å². The first kappa shape index (κ1) is 9.94. The smallest absolute Gasteiger partial charge is 0.238 e. The Hall–Kier alpha value is -1.60. The Labute approximate surface area is 90.9 Å². The van der Waals surface area contributed by atoms with Crippen molar-refractivity contribution in [3.8, 4) is 0 Å². The number of imidazole rings is 1. The van der Waals surface area contributed by atoms with Crippen LogP contribution < -0.4 is 11.3 Å². The molecule has 0 saturated heterocycles. The monoisotopic (exact) mass is 222 g/mol. The molecular weight excluding hydrogens is 212 g/mol. The van der Waals surface area contributed by atoms with E-state index in [2.05, 4.69) is 20.4 Å². The molecule has 0 aliphatic carbocycles. The third-order valence-corrected chi connectivity index (χ3v) is 2.74. The lowest BCUT2D eigenvalue weighted by molar-refractivity contribution is 0.788. The highest BCUT2D eigenvalue weighted by Crippen LogP contribution is 2.23. The molecule has 6 nitrogen and oxygen atoms in total. The van der Waals surface area contributed by atoms with Gasteiger partial charge in [-0.1, -0.05) is 0 Å². The maximum absolute atomic E-state index is 5.22. The zero-order chi connectivity index (χ0) is 10.7. The summed E-state index contributed by atoms with van der Waals surface area (Å²) in [7, 11) is 1.93. The molecule has 0 aliphatic rings. The molecule has 2 aromatic rings. The van der Waals surface area contributed by atoms with Gasteiger partial charge in [0.25, 0.3) is 0 Å². The molecule has 0 amide bonds. The van der Waals surface area contributed by atoms with Crippen molar-refractivity contribution in [1.29, 1.82) is 0 Å². The normalized spacial score (nSPS) is 10.3. The molecule has 0 spiro atoms. The van der Waals surface area contributed by atoms with Crippen LogP contribution in [-0.2, 0) is 7.05 Å². The summed E-state index contributed by atoms with van der Waals surface area (Å²) in [4.78, 5) is 12.3. The first-order valence-corrected chi connectivity index (χ1v) is 5.06. The lowest BCUT2D eigenvalue weighted by Crippen LogP contribution is -2.10. The SMILES string of the molecule is Cn1ccnc1Sc1ccnc(NN)n1. The fourth-order valence-corrected chi connectivity index (χ4v) is 1.78. The summed E-state index contributed by atoms with van der Waals surface area (Å²) in [5, 5.41) is 1.67. The van der Waals surface area contributed by atoms with Gasteiger partial charge >= 0.3 is 0 Å². The summed E-state index contributed by atoms with van der Waals surface area (Å²) in [6.07, 6.45) is 5.27. The van der Waals surface area contributed by atoms with E-state index < -0.39 is 0 Å². The second-order valence-corrected chi connectivity index (χ2v) is 3.77. The number of nitrogens with two attached hydrogens (primary N) is 1. The zero-order valence-corrected chi connectivity index (χ0v) is 8.90. The van der Waals surface area contributed by atoms with Gasteiger partial charge in [0.2, 0.25) is 5.95 Å². The number of nitrogen functional groups attached to an aromatic ring is 1. The fraction of sp³-hybridized carbons (Fsp3) is 0.125. The van der Waals surface area contributed by atoms with E-state index in [1.165, 1.54) is 11.8 Å². The van der Waals surface area contributed by atoms with Gasteiger partial charge in [0.1, 0.15) is 5.03 Å². The Morgan fingerprint density at radius 2 is 2.27 bits per heavy atom. The van der Waals surface area contributed by atoms with Gasteiger partial charge in [0, 0.05) is 25.6 Å². The first-order valence-electron chi connectivity index (χ1n) is 4.24. The van der Waals surface area contributed by atoms with E-state index in [4.69, 9.17) is 5.84 Å². The Bertz CT molecular complexity index is 454. The maximum atomic E-state index is 5.22. The summed E-state index contributed by atoms with van der Waals surface area (Å²) >= 11 is 1.46. The average molecular weight is 222 g/mol. The number of hydrogen-bond donors (Lipinski definition) is 2. The van der Waals surface area contributed by atoms with Crippen molar-refractivity contribution in [2.75, 3.05) is 5.43 Å². The predicted molar refractivity (Wildman–Crippen MR) is 57.2 cm³/mol. The molecule has 2 heterocycles. The van der Waals surface area contributed by atoms with Crippen LogP contribution in [0.2, 0.25) is 0 Å². The molecule has 78 valence electrons. The second kappa shape index (κ2) is 4.28. The molecule has 2 rings (SSSR count). The van der Waals surface area contributed by atoms with Crippen LogP contribution in [0.25, 0.3) is 0 Å². The van der Waals surface area contributed by atoms with Crippen molar-refractivity contribution < 1.29 is 0 Å². The summed E-state index contributed by atoms with van der Waals surface area (Å²) in [6.45, 7) is 0. The second-order valence-electron chi connectivity index (χ2n) is 2.79. The number of nitrogens with zero attached hydrogens (tertiary/aromatic N) is 4. The van der Waals surface area contributed by atoms with Crippen LogP contribution in [0.15, 0.2) is 34.8 Å². The van der Waals surface area contributed by atoms with Crippen molar-refractivity contribution in [3.05, 3.63) is 24.7 Å². The van der Waals surface area contributed by atoms with E-state index in [1.807, 2.05) is 17.8 Å². The highest BCUT2D eigenvalue weighted by atomic mass is 32.2. The number of nitrogens with one attached hydrogen (secondary N) is 1. The van der Waals surface area contributed by atoms with Crippen molar-refractivity contribution in [2.45, 2.75) is 10.2 Å². The van der Waals surface area contributed by atoms with Crippen LogP contribution in [0.5, 0.6) is 0 Å². The number of hydrazine groups is 1. The molecule has 0 atom stereocenters. The molecule has 3 N–H and O–H groups in total. The highest BCUT2D eigenvalue weighted by Gasteiger charge is 2.04. The van der Waals surface area contributed by atoms with E-state index >= 15 is 0 Å². The molecule has 2 aromatic heterocycles. The Morgan fingerprint density at radius 1 is 1.40 bits per heavy atom. The molecule has 0 fully saturated rings. The lowest BCUT2D eigenvalue weighted by Gasteiger charge is -2.02. The number of hydrogen-bond acceptors (Lipinski definition) is 6. The standard InChI is InChI=1S/C8H10N6S/c1-14-5-4-11-8(14)15-6-2-3-10-7(12-6)13-9/h2-5H,9H2,1H3,(H,10,12,13). The van der Waals surface area contributed by atoms with E-state index in [0.717, 1.165) is 10.2 Å². The van der Waals surface area contributed by atoms with Gasteiger partial charge in [-0.15, -0.1) is 0 Å². The Morgan fingerprint density at radius 3 is 2.93 bits per heavy atom.